The van der Waals surface area contributed by atoms with Crippen molar-refractivity contribution in [3.63, 3.8) is 0 Å². The number of esters is 1. The lowest BCUT2D eigenvalue weighted by atomic mass is 9.72. The Balaban J connectivity index is 2.00. The van der Waals surface area contributed by atoms with Crippen molar-refractivity contribution in [3.8, 4) is 11.1 Å². The smallest absolute Gasteiger partial charge is 0.435 e. The monoisotopic (exact) mass is 494 g/mol. The van der Waals surface area contributed by atoms with Crippen molar-refractivity contribution < 1.29 is 19.1 Å². The number of carbonyl (C=O) groups is 2. The fraction of sp³-hybridized carbons (Fsp3) is 0.464. The molecule has 1 aromatic heterocycles. The Morgan fingerprint density at radius 1 is 0.972 bits per heavy atom. The van der Waals surface area contributed by atoms with E-state index in [1.807, 2.05) is 65.0 Å². The maximum absolute atomic E-state index is 13.3. The van der Waals surface area contributed by atoms with E-state index in [0.717, 1.165) is 16.7 Å². The van der Waals surface area contributed by atoms with Crippen molar-refractivity contribution in [2.75, 3.05) is 5.73 Å². The van der Waals surface area contributed by atoms with Crippen molar-refractivity contribution in [2.45, 2.75) is 84.5 Å². The van der Waals surface area contributed by atoms with Gasteiger partial charge in [-0.3, -0.25) is 4.79 Å². The van der Waals surface area contributed by atoms with Gasteiger partial charge in [0, 0.05) is 17.0 Å². The molecule has 0 aliphatic rings. The number of fused-ring (bicyclic) bond motifs is 1. The van der Waals surface area contributed by atoms with Gasteiger partial charge in [0.05, 0.1) is 17.4 Å². The maximum atomic E-state index is 13.3. The number of benzene rings is 2. The second-order valence-electron chi connectivity index (χ2n) is 11.2. The van der Waals surface area contributed by atoms with Crippen LogP contribution in [-0.4, -0.2) is 39.1 Å². The van der Waals surface area contributed by atoms with E-state index in [4.69, 9.17) is 20.9 Å². The predicted molar refractivity (Wildman–Crippen MR) is 143 cm³/mol. The minimum Gasteiger partial charge on any atom is -0.459 e. The molecule has 0 fully saturated rings. The van der Waals surface area contributed by atoms with Crippen LogP contribution in [0, 0.1) is 0 Å². The van der Waals surface area contributed by atoms with Crippen LogP contribution in [0.5, 0.6) is 0 Å². The zero-order valence-corrected chi connectivity index (χ0v) is 22.5. The number of nitrogens with zero attached hydrogens (tertiary/aromatic N) is 2. The molecule has 0 amide bonds. The highest BCUT2D eigenvalue weighted by molar-refractivity contribution is 6.01. The van der Waals surface area contributed by atoms with Crippen molar-refractivity contribution >= 4 is 28.7 Å². The van der Waals surface area contributed by atoms with E-state index in [2.05, 4.69) is 5.10 Å². The molecular weight excluding hydrogens is 456 g/mol. The summed E-state index contributed by atoms with van der Waals surface area (Å²) in [4.78, 5) is 25.8. The average Bonchev–Trinajstić information content (AvgIpc) is 3.18. The van der Waals surface area contributed by atoms with Gasteiger partial charge in [-0.05, 0) is 72.1 Å². The molecule has 4 N–H and O–H groups in total. The SMILES string of the molecule is CCC(C(=O)OC(C)(C)C)(c1ccc(-c2ccc3c(cnn3C(=O)OC(C)(C)C)c2N)cc1)C(C)N. The lowest BCUT2D eigenvalue weighted by Crippen LogP contribution is -2.51. The van der Waals surface area contributed by atoms with Gasteiger partial charge in [0.1, 0.15) is 16.6 Å². The number of rotatable bonds is 5. The normalized spacial score (nSPS) is 14.8. The second-order valence-corrected chi connectivity index (χ2v) is 11.2. The van der Waals surface area contributed by atoms with Crippen LogP contribution in [0.4, 0.5) is 10.5 Å². The zero-order chi connectivity index (χ0) is 27.1. The molecule has 0 saturated carbocycles. The number of hydrogen-bond donors (Lipinski definition) is 2. The van der Waals surface area contributed by atoms with Gasteiger partial charge in [0.15, 0.2) is 0 Å². The first-order chi connectivity index (χ1) is 16.6. The fourth-order valence-electron chi connectivity index (χ4n) is 4.38. The summed E-state index contributed by atoms with van der Waals surface area (Å²) in [6.07, 6.45) is 1.49. The lowest BCUT2D eigenvalue weighted by Gasteiger charge is -2.37. The molecule has 36 heavy (non-hydrogen) atoms. The van der Waals surface area contributed by atoms with E-state index in [1.54, 1.807) is 33.0 Å². The van der Waals surface area contributed by atoms with Crippen LogP contribution >= 0.6 is 0 Å². The molecular formula is C28H38N4O4. The van der Waals surface area contributed by atoms with Crippen molar-refractivity contribution in [3.05, 3.63) is 48.2 Å². The molecule has 194 valence electrons. The second kappa shape index (κ2) is 9.58. The summed E-state index contributed by atoms with van der Waals surface area (Å²) in [5.74, 6) is -0.337. The Morgan fingerprint density at radius 2 is 1.56 bits per heavy atom. The molecule has 2 unspecified atom stereocenters. The van der Waals surface area contributed by atoms with Gasteiger partial charge in [0.2, 0.25) is 0 Å². The number of hydrogen-bond acceptors (Lipinski definition) is 7. The summed E-state index contributed by atoms with van der Waals surface area (Å²) >= 11 is 0. The van der Waals surface area contributed by atoms with Crippen molar-refractivity contribution in [1.82, 2.24) is 9.78 Å². The van der Waals surface area contributed by atoms with Crippen LogP contribution in [0.1, 0.15) is 67.4 Å². The number of aromatic nitrogens is 2. The van der Waals surface area contributed by atoms with Crippen LogP contribution < -0.4 is 11.5 Å². The molecule has 0 radical (unpaired) electrons. The van der Waals surface area contributed by atoms with E-state index < -0.39 is 28.8 Å². The molecule has 8 heteroatoms. The summed E-state index contributed by atoms with van der Waals surface area (Å²) in [7, 11) is 0. The average molecular weight is 495 g/mol. The largest absolute Gasteiger partial charge is 0.459 e. The zero-order valence-electron chi connectivity index (χ0n) is 22.5. The Morgan fingerprint density at radius 3 is 2.06 bits per heavy atom. The van der Waals surface area contributed by atoms with Crippen molar-refractivity contribution in [2.24, 2.45) is 5.73 Å². The Hall–Kier alpha value is -3.39. The maximum Gasteiger partial charge on any atom is 0.435 e. The number of nitrogen functional groups attached to an aromatic ring is 1. The third kappa shape index (κ3) is 5.23. The van der Waals surface area contributed by atoms with Gasteiger partial charge < -0.3 is 20.9 Å². The summed E-state index contributed by atoms with van der Waals surface area (Å²) in [5.41, 5.74) is 14.1. The van der Waals surface area contributed by atoms with E-state index in [9.17, 15) is 9.59 Å². The molecule has 0 aliphatic carbocycles. The number of anilines is 1. The van der Waals surface area contributed by atoms with E-state index >= 15 is 0 Å². The minimum atomic E-state index is -0.976. The highest BCUT2D eigenvalue weighted by atomic mass is 16.6. The van der Waals surface area contributed by atoms with Gasteiger partial charge in [0.25, 0.3) is 0 Å². The molecule has 0 aliphatic heterocycles. The molecule has 1 heterocycles. The molecule has 0 bridgehead atoms. The molecule has 0 saturated heterocycles. The Bertz CT molecular complexity index is 1260. The van der Waals surface area contributed by atoms with Gasteiger partial charge in [-0.1, -0.05) is 37.3 Å². The van der Waals surface area contributed by atoms with Crippen molar-refractivity contribution in [1.29, 1.82) is 0 Å². The summed E-state index contributed by atoms with van der Waals surface area (Å²) in [6.45, 7) is 14.7. The number of nitrogens with two attached hydrogens (primary N) is 2. The molecule has 2 aromatic carbocycles. The van der Waals surface area contributed by atoms with Gasteiger partial charge >= 0.3 is 12.1 Å². The summed E-state index contributed by atoms with van der Waals surface area (Å²) < 4.78 is 12.4. The van der Waals surface area contributed by atoms with Crippen LogP contribution in [0.3, 0.4) is 0 Å². The van der Waals surface area contributed by atoms with Crippen LogP contribution in [-0.2, 0) is 19.7 Å². The summed E-state index contributed by atoms with van der Waals surface area (Å²) in [5, 5.41) is 4.85. The molecule has 3 aromatic rings. The molecule has 2 atom stereocenters. The van der Waals surface area contributed by atoms with Gasteiger partial charge in [-0.25, -0.2) is 4.79 Å². The molecule has 0 spiro atoms. The van der Waals surface area contributed by atoms with Gasteiger partial charge in [-0.15, -0.1) is 0 Å². The minimum absolute atomic E-state index is 0.337. The van der Waals surface area contributed by atoms with E-state index in [-0.39, 0.29) is 5.97 Å². The van der Waals surface area contributed by atoms with E-state index in [0.29, 0.717) is 23.0 Å². The highest BCUT2D eigenvalue weighted by Gasteiger charge is 2.45. The number of carbonyl (C=O) groups excluding carboxylic acids is 2. The Kier molecular flexibility index (Phi) is 7.24. The Labute approximate surface area is 212 Å². The third-order valence-corrected chi connectivity index (χ3v) is 6.17. The predicted octanol–water partition coefficient (Wildman–Crippen LogP) is 5.41. The van der Waals surface area contributed by atoms with Crippen LogP contribution in [0.15, 0.2) is 42.6 Å². The third-order valence-electron chi connectivity index (χ3n) is 6.17. The standard InChI is InChI=1S/C28H38N4O4/c1-9-28(17(2)29,24(33)35-26(3,4)5)19-12-10-18(11-13-19)20-14-15-22-21(23(20)30)16-31-32(22)25(34)36-27(6,7)8/h10-17H,9,29-30H2,1-8H3. The lowest BCUT2D eigenvalue weighted by molar-refractivity contribution is -0.163. The quantitative estimate of drug-likeness (QED) is 0.359. The molecule has 3 rings (SSSR count). The first-order valence-electron chi connectivity index (χ1n) is 12.2. The topological polar surface area (TPSA) is 122 Å². The van der Waals surface area contributed by atoms with Crippen LogP contribution in [0.25, 0.3) is 22.0 Å². The highest BCUT2D eigenvalue weighted by Crippen LogP contribution is 2.37. The summed E-state index contributed by atoms with van der Waals surface area (Å²) in [6, 6.07) is 10.8. The first kappa shape index (κ1) is 27.2. The van der Waals surface area contributed by atoms with Crippen LogP contribution in [0.2, 0.25) is 0 Å². The fourth-order valence-corrected chi connectivity index (χ4v) is 4.38. The van der Waals surface area contributed by atoms with Gasteiger partial charge in [-0.2, -0.15) is 9.78 Å². The first-order valence-corrected chi connectivity index (χ1v) is 12.2. The molecule has 8 nitrogen and oxygen atoms in total. The number of ether oxygens (including phenoxy) is 2. The van der Waals surface area contributed by atoms with E-state index in [1.165, 1.54) is 4.68 Å².